The van der Waals surface area contributed by atoms with Crippen LogP contribution in [0, 0.1) is 0 Å². The molecule has 0 saturated heterocycles. The van der Waals surface area contributed by atoms with E-state index in [1.54, 1.807) is 6.92 Å². The average molecular weight is 241 g/mol. The van der Waals surface area contributed by atoms with Crippen molar-refractivity contribution in [3.8, 4) is 0 Å². The van der Waals surface area contributed by atoms with Crippen molar-refractivity contribution in [1.82, 2.24) is 0 Å². The maximum absolute atomic E-state index is 10.6. The number of hydrogen-bond donors (Lipinski definition) is 2. The number of nitrogens with two attached hydrogens (primary N) is 1. The van der Waals surface area contributed by atoms with Crippen LogP contribution in [0.2, 0.25) is 0 Å². The van der Waals surface area contributed by atoms with Crippen molar-refractivity contribution >= 4 is 0 Å². The molecule has 0 amide bonds. The molecular formula is C16H19NO. The average Bonchev–Trinajstić information content (AvgIpc) is 2.41. The van der Waals surface area contributed by atoms with E-state index in [0.717, 1.165) is 11.1 Å². The van der Waals surface area contributed by atoms with E-state index in [1.807, 2.05) is 60.7 Å². The first-order chi connectivity index (χ1) is 8.65. The monoisotopic (exact) mass is 241 g/mol. The van der Waals surface area contributed by atoms with Crippen molar-refractivity contribution in [3.63, 3.8) is 0 Å². The van der Waals surface area contributed by atoms with Crippen molar-refractivity contribution in [2.75, 3.05) is 6.54 Å². The highest BCUT2D eigenvalue weighted by Gasteiger charge is 2.32. The Morgan fingerprint density at radius 3 is 1.67 bits per heavy atom. The lowest BCUT2D eigenvalue weighted by Gasteiger charge is -2.32. The summed E-state index contributed by atoms with van der Waals surface area (Å²) in [6, 6.07) is 20.0. The zero-order valence-corrected chi connectivity index (χ0v) is 10.6. The van der Waals surface area contributed by atoms with Gasteiger partial charge in [0, 0.05) is 12.5 Å². The third kappa shape index (κ3) is 2.61. The van der Waals surface area contributed by atoms with Crippen LogP contribution in [0.4, 0.5) is 0 Å². The second-order valence-corrected chi connectivity index (χ2v) is 4.82. The predicted molar refractivity (Wildman–Crippen MR) is 74.4 cm³/mol. The summed E-state index contributed by atoms with van der Waals surface area (Å²) in [7, 11) is 0. The fraction of sp³-hybridized carbons (Fsp3) is 0.250. The smallest absolute Gasteiger partial charge is 0.0849 e. The molecule has 1 atom stereocenters. The van der Waals surface area contributed by atoms with Gasteiger partial charge >= 0.3 is 0 Å². The minimum absolute atomic E-state index is 0.107. The summed E-state index contributed by atoms with van der Waals surface area (Å²) in [5.74, 6) is -0.107. The van der Waals surface area contributed by atoms with Crippen LogP contribution in [0.5, 0.6) is 0 Å². The molecular weight excluding hydrogens is 222 g/mol. The molecule has 0 heterocycles. The summed E-state index contributed by atoms with van der Waals surface area (Å²) >= 11 is 0. The normalized spacial score (nSPS) is 14.4. The predicted octanol–water partition coefficient (Wildman–Crippen LogP) is 2.53. The van der Waals surface area contributed by atoms with Gasteiger partial charge in [0.25, 0.3) is 0 Å². The van der Waals surface area contributed by atoms with Gasteiger partial charge in [-0.1, -0.05) is 60.7 Å². The zero-order chi connectivity index (χ0) is 13.0. The molecule has 2 aromatic carbocycles. The van der Waals surface area contributed by atoms with Crippen molar-refractivity contribution in [1.29, 1.82) is 0 Å². The first kappa shape index (κ1) is 12.8. The molecule has 94 valence electrons. The lowest BCUT2D eigenvalue weighted by molar-refractivity contribution is 0.0519. The second-order valence-electron chi connectivity index (χ2n) is 4.82. The van der Waals surface area contributed by atoms with Gasteiger partial charge in [-0.25, -0.2) is 0 Å². The Morgan fingerprint density at radius 2 is 1.33 bits per heavy atom. The Morgan fingerprint density at radius 1 is 0.944 bits per heavy atom. The van der Waals surface area contributed by atoms with E-state index < -0.39 is 5.60 Å². The zero-order valence-electron chi connectivity index (χ0n) is 10.6. The van der Waals surface area contributed by atoms with E-state index in [4.69, 9.17) is 5.73 Å². The Balaban J connectivity index is 2.49. The molecule has 0 aromatic heterocycles. The van der Waals surface area contributed by atoms with Crippen molar-refractivity contribution < 1.29 is 5.11 Å². The second kappa shape index (κ2) is 5.34. The van der Waals surface area contributed by atoms with E-state index in [2.05, 4.69) is 0 Å². The lowest BCUT2D eigenvalue weighted by atomic mass is 9.78. The van der Waals surface area contributed by atoms with Crippen LogP contribution in [-0.4, -0.2) is 17.3 Å². The van der Waals surface area contributed by atoms with E-state index in [9.17, 15) is 5.11 Å². The number of rotatable bonds is 4. The highest BCUT2D eigenvalue weighted by molar-refractivity contribution is 5.35. The maximum Gasteiger partial charge on any atom is 0.0849 e. The standard InChI is InChI=1S/C16H19NO/c1-16(18,12-17)15(13-8-4-2-5-9-13)14-10-6-3-7-11-14/h2-11,15,18H,12,17H2,1H3. The Hall–Kier alpha value is -1.64. The third-order valence-electron chi connectivity index (χ3n) is 3.30. The van der Waals surface area contributed by atoms with Gasteiger partial charge < -0.3 is 10.8 Å². The first-order valence-corrected chi connectivity index (χ1v) is 6.17. The summed E-state index contributed by atoms with van der Waals surface area (Å²) < 4.78 is 0. The van der Waals surface area contributed by atoms with Gasteiger partial charge in [-0.3, -0.25) is 0 Å². The topological polar surface area (TPSA) is 46.2 Å². The molecule has 0 aliphatic carbocycles. The van der Waals surface area contributed by atoms with Crippen molar-refractivity contribution in [2.45, 2.75) is 18.4 Å². The van der Waals surface area contributed by atoms with Gasteiger partial charge in [0.1, 0.15) is 0 Å². The quantitative estimate of drug-likeness (QED) is 0.864. The van der Waals surface area contributed by atoms with Crippen LogP contribution in [0.3, 0.4) is 0 Å². The SMILES string of the molecule is CC(O)(CN)C(c1ccccc1)c1ccccc1. The number of hydrogen-bond acceptors (Lipinski definition) is 2. The molecule has 3 N–H and O–H groups in total. The third-order valence-corrected chi connectivity index (χ3v) is 3.30. The molecule has 0 spiro atoms. The molecule has 2 aromatic rings. The molecule has 0 bridgehead atoms. The molecule has 0 aliphatic rings. The largest absolute Gasteiger partial charge is 0.388 e. The van der Waals surface area contributed by atoms with Gasteiger partial charge in [-0.2, -0.15) is 0 Å². The van der Waals surface area contributed by atoms with Crippen LogP contribution >= 0.6 is 0 Å². The maximum atomic E-state index is 10.6. The molecule has 18 heavy (non-hydrogen) atoms. The Kier molecular flexibility index (Phi) is 3.80. The number of benzene rings is 2. The Labute approximate surface area is 108 Å². The minimum Gasteiger partial charge on any atom is -0.388 e. The van der Waals surface area contributed by atoms with Crippen LogP contribution in [-0.2, 0) is 0 Å². The molecule has 2 nitrogen and oxygen atoms in total. The fourth-order valence-corrected chi connectivity index (χ4v) is 2.32. The lowest BCUT2D eigenvalue weighted by Crippen LogP contribution is -2.41. The molecule has 2 rings (SSSR count). The van der Waals surface area contributed by atoms with E-state index in [1.165, 1.54) is 0 Å². The van der Waals surface area contributed by atoms with Crippen LogP contribution < -0.4 is 5.73 Å². The number of aliphatic hydroxyl groups is 1. The molecule has 2 heteroatoms. The molecule has 1 unspecified atom stereocenters. The fourth-order valence-electron chi connectivity index (χ4n) is 2.32. The van der Waals surface area contributed by atoms with E-state index in [0.29, 0.717) is 0 Å². The van der Waals surface area contributed by atoms with Crippen LogP contribution in [0.1, 0.15) is 24.0 Å². The Bertz CT molecular complexity index is 439. The summed E-state index contributed by atoms with van der Waals surface area (Å²) in [6.07, 6.45) is 0. The van der Waals surface area contributed by atoms with Crippen molar-refractivity contribution in [2.24, 2.45) is 5.73 Å². The van der Waals surface area contributed by atoms with Crippen LogP contribution in [0.25, 0.3) is 0 Å². The van der Waals surface area contributed by atoms with Gasteiger partial charge in [-0.05, 0) is 18.1 Å². The van der Waals surface area contributed by atoms with Crippen molar-refractivity contribution in [3.05, 3.63) is 71.8 Å². The first-order valence-electron chi connectivity index (χ1n) is 6.17. The molecule has 0 radical (unpaired) electrons. The van der Waals surface area contributed by atoms with Crippen LogP contribution in [0.15, 0.2) is 60.7 Å². The summed E-state index contributed by atoms with van der Waals surface area (Å²) in [4.78, 5) is 0. The van der Waals surface area contributed by atoms with Gasteiger partial charge in [0.2, 0.25) is 0 Å². The van der Waals surface area contributed by atoms with Gasteiger partial charge in [-0.15, -0.1) is 0 Å². The molecule has 0 aliphatic heterocycles. The highest BCUT2D eigenvalue weighted by Crippen LogP contribution is 2.34. The van der Waals surface area contributed by atoms with E-state index >= 15 is 0 Å². The van der Waals surface area contributed by atoms with Gasteiger partial charge in [0.15, 0.2) is 0 Å². The van der Waals surface area contributed by atoms with E-state index in [-0.39, 0.29) is 12.5 Å². The summed E-state index contributed by atoms with van der Waals surface area (Å²) in [6.45, 7) is 2.01. The molecule has 0 saturated carbocycles. The molecule has 0 fully saturated rings. The minimum atomic E-state index is -0.956. The summed E-state index contributed by atoms with van der Waals surface area (Å²) in [5, 5.41) is 10.6. The highest BCUT2D eigenvalue weighted by atomic mass is 16.3. The summed E-state index contributed by atoms with van der Waals surface area (Å²) in [5.41, 5.74) is 6.94. The van der Waals surface area contributed by atoms with Gasteiger partial charge in [0.05, 0.1) is 5.60 Å².